The van der Waals surface area contributed by atoms with E-state index < -0.39 is 29.8 Å². The Bertz CT molecular complexity index is 375. The van der Waals surface area contributed by atoms with Crippen molar-refractivity contribution in [2.75, 3.05) is 13.2 Å². The van der Waals surface area contributed by atoms with Crippen molar-refractivity contribution >= 4 is 12.1 Å². The number of carbonyl (C=O) groups is 2. The van der Waals surface area contributed by atoms with Crippen LogP contribution in [0, 0.1) is 11.8 Å². The SMILES string of the molecule is CC(C)C(CC1OCCCN1C(=O)OC(C)(C)C)C(=O)O. The van der Waals surface area contributed by atoms with Gasteiger partial charge in [0.2, 0.25) is 0 Å². The van der Waals surface area contributed by atoms with Crippen LogP contribution in [0.25, 0.3) is 0 Å². The van der Waals surface area contributed by atoms with Gasteiger partial charge >= 0.3 is 12.1 Å². The molecule has 0 aromatic rings. The summed E-state index contributed by atoms with van der Waals surface area (Å²) in [7, 11) is 0. The monoisotopic (exact) mass is 301 g/mol. The van der Waals surface area contributed by atoms with Crippen molar-refractivity contribution in [3.8, 4) is 0 Å². The quantitative estimate of drug-likeness (QED) is 0.864. The van der Waals surface area contributed by atoms with Crippen molar-refractivity contribution in [2.24, 2.45) is 11.8 Å². The van der Waals surface area contributed by atoms with E-state index >= 15 is 0 Å². The smallest absolute Gasteiger partial charge is 0.412 e. The molecule has 0 aromatic carbocycles. The Kier molecular flexibility index (Phi) is 6.01. The molecule has 6 heteroatoms. The highest BCUT2D eigenvalue weighted by atomic mass is 16.6. The van der Waals surface area contributed by atoms with Gasteiger partial charge in [-0.3, -0.25) is 9.69 Å². The molecule has 0 saturated carbocycles. The lowest BCUT2D eigenvalue weighted by molar-refractivity contribution is -0.150. The van der Waals surface area contributed by atoms with Crippen LogP contribution in [-0.4, -0.2) is 47.0 Å². The number of rotatable bonds is 4. The summed E-state index contributed by atoms with van der Waals surface area (Å²) >= 11 is 0. The van der Waals surface area contributed by atoms with Crippen LogP contribution < -0.4 is 0 Å². The summed E-state index contributed by atoms with van der Waals surface area (Å²) in [6.45, 7) is 10.2. The summed E-state index contributed by atoms with van der Waals surface area (Å²) < 4.78 is 11.0. The predicted octanol–water partition coefficient (Wildman–Crippen LogP) is 2.72. The molecule has 0 radical (unpaired) electrons. The maximum absolute atomic E-state index is 12.2. The second kappa shape index (κ2) is 7.11. The van der Waals surface area contributed by atoms with E-state index in [0.717, 1.165) is 6.42 Å². The Balaban J connectivity index is 2.77. The molecule has 1 amide bonds. The second-order valence-corrected chi connectivity index (χ2v) is 6.78. The van der Waals surface area contributed by atoms with Crippen LogP contribution in [0.2, 0.25) is 0 Å². The zero-order valence-corrected chi connectivity index (χ0v) is 13.6. The van der Waals surface area contributed by atoms with Crippen LogP contribution in [-0.2, 0) is 14.3 Å². The molecule has 1 aliphatic heterocycles. The molecule has 0 aliphatic carbocycles. The topological polar surface area (TPSA) is 76.1 Å². The van der Waals surface area contributed by atoms with E-state index in [-0.39, 0.29) is 12.3 Å². The lowest BCUT2D eigenvalue weighted by atomic mass is 9.91. The molecule has 1 saturated heterocycles. The van der Waals surface area contributed by atoms with Crippen LogP contribution in [0.4, 0.5) is 4.79 Å². The van der Waals surface area contributed by atoms with Crippen LogP contribution in [0.1, 0.15) is 47.5 Å². The Hall–Kier alpha value is -1.30. The Morgan fingerprint density at radius 2 is 2.00 bits per heavy atom. The van der Waals surface area contributed by atoms with Gasteiger partial charge in [-0.25, -0.2) is 4.79 Å². The van der Waals surface area contributed by atoms with E-state index in [4.69, 9.17) is 9.47 Å². The van der Waals surface area contributed by atoms with E-state index in [9.17, 15) is 14.7 Å². The third-order valence-corrected chi connectivity index (χ3v) is 3.41. The number of nitrogens with zero attached hydrogens (tertiary/aromatic N) is 1. The first-order valence-corrected chi connectivity index (χ1v) is 7.46. The van der Waals surface area contributed by atoms with E-state index in [1.54, 1.807) is 20.8 Å². The maximum Gasteiger partial charge on any atom is 0.412 e. The number of carbonyl (C=O) groups excluding carboxylic acids is 1. The van der Waals surface area contributed by atoms with Gasteiger partial charge in [0.25, 0.3) is 0 Å². The molecule has 1 aliphatic rings. The highest BCUT2D eigenvalue weighted by Gasteiger charge is 2.35. The van der Waals surface area contributed by atoms with Gasteiger partial charge in [-0.05, 0) is 33.1 Å². The highest BCUT2D eigenvalue weighted by molar-refractivity contribution is 5.71. The van der Waals surface area contributed by atoms with E-state index in [1.807, 2.05) is 13.8 Å². The molecule has 2 unspecified atom stereocenters. The van der Waals surface area contributed by atoms with Gasteiger partial charge in [0.1, 0.15) is 11.8 Å². The first-order valence-electron chi connectivity index (χ1n) is 7.46. The first-order chi connectivity index (χ1) is 9.61. The number of amides is 1. The fourth-order valence-corrected chi connectivity index (χ4v) is 2.29. The van der Waals surface area contributed by atoms with Crippen molar-refractivity contribution in [2.45, 2.75) is 59.3 Å². The molecule has 2 atom stereocenters. The van der Waals surface area contributed by atoms with Crippen molar-refractivity contribution < 1.29 is 24.2 Å². The number of carboxylic acids is 1. The predicted molar refractivity (Wildman–Crippen MR) is 77.9 cm³/mol. The summed E-state index contributed by atoms with van der Waals surface area (Å²) in [5.74, 6) is -1.42. The van der Waals surface area contributed by atoms with Gasteiger partial charge in [-0.1, -0.05) is 13.8 Å². The average molecular weight is 301 g/mol. The van der Waals surface area contributed by atoms with Gasteiger partial charge in [0.05, 0.1) is 12.5 Å². The van der Waals surface area contributed by atoms with Gasteiger partial charge in [-0.2, -0.15) is 0 Å². The minimum absolute atomic E-state index is 0.0199. The van der Waals surface area contributed by atoms with Crippen LogP contribution in [0.5, 0.6) is 0 Å². The maximum atomic E-state index is 12.2. The van der Waals surface area contributed by atoms with Crippen molar-refractivity contribution in [3.63, 3.8) is 0 Å². The zero-order valence-electron chi connectivity index (χ0n) is 13.6. The molecule has 122 valence electrons. The number of aliphatic carboxylic acids is 1. The summed E-state index contributed by atoms with van der Waals surface area (Å²) in [6.07, 6.45) is 0.0405. The molecule has 0 aromatic heterocycles. The third-order valence-electron chi connectivity index (χ3n) is 3.41. The number of hydrogen-bond acceptors (Lipinski definition) is 4. The second-order valence-electron chi connectivity index (χ2n) is 6.78. The molecule has 1 N–H and O–H groups in total. The highest BCUT2D eigenvalue weighted by Crippen LogP contribution is 2.25. The van der Waals surface area contributed by atoms with Crippen molar-refractivity contribution in [1.29, 1.82) is 0 Å². The molecule has 6 nitrogen and oxygen atoms in total. The molecule has 0 spiro atoms. The standard InChI is InChI=1S/C15H27NO5/c1-10(2)11(13(17)18)9-12-16(7-6-8-20-12)14(19)21-15(3,4)5/h10-12H,6-9H2,1-5H3,(H,17,18). The summed E-state index contributed by atoms with van der Waals surface area (Å²) in [5.41, 5.74) is -0.580. The first kappa shape index (κ1) is 17.8. The normalized spacial score (nSPS) is 21.2. The van der Waals surface area contributed by atoms with E-state index in [0.29, 0.717) is 13.2 Å². The van der Waals surface area contributed by atoms with Gasteiger partial charge in [0, 0.05) is 13.0 Å². The summed E-state index contributed by atoms with van der Waals surface area (Å²) in [5, 5.41) is 9.30. The fraction of sp³-hybridized carbons (Fsp3) is 0.867. The Morgan fingerprint density at radius 1 is 1.38 bits per heavy atom. The molecular formula is C15H27NO5. The molecule has 1 rings (SSSR count). The molecular weight excluding hydrogens is 274 g/mol. The number of carboxylic acid groups (broad SMARTS) is 1. The van der Waals surface area contributed by atoms with Gasteiger partial charge in [-0.15, -0.1) is 0 Å². The van der Waals surface area contributed by atoms with E-state index in [1.165, 1.54) is 4.90 Å². The van der Waals surface area contributed by atoms with Crippen LogP contribution >= 0.6 is 0 Å². The molecule has 21 heavy (non-hydrogen) atoms. The summed E-state index contributed by atoms with van der Waals surface area (Å²) in [4.78, 5) is 25.1. The van der Waals surface area contributed by atoms with Crippen LogP contribution in [0.15, 0.2) is 0 Å². The lowest BCUT2D eigenvalue weighted by Gasteiger charge is -2.38. The molecule has 1 fully saturated rings. The lowest BCUT2D eigenvalue weighted by Crippen LogP contribution is -2.49. The van der Waals surface area contributed by atoms with Gasteiger partial charge < -0.3 is 14.6 Å². The summed E-state index contributed by atoms with van der Waals surface area (Å²) in [6, 6.07) is 0. The Labute approximate surface area is 126 Å². The third kappa shape index (κ3) is 5.53. The largest absolute Gasteiger partial charge is 0.481 e. The van der Waals surface area contributed by atoms with Crippen molar-refractivity contribution in [1.82, 2.24) is 4.90 Å². The average Bonchev–Trinajstić information content (AvgIpc) is 2.33. The Morgan fingerprint density at radius 3 is 2.48 bits per heavy atom. The van der Waals surface area contributed by atoms with Crippen LogP contribution in [0.3, 0.4) is 0 Å². The molecule has 1 heterocycles. The fourth-order valence-electron chi connectivity index (χ4n) is 2.29. The number of hydrogen-bond donors (Lipinski definition) is 1. The minimum atomic E-state index is -0.858. The number of ether oxygens (including phenoxy) is 2. The van der Waals surface area contributed by atoms with E-state index in [2.05, 4.69) is 0 Å². The van der Waals surface area contributed by atoms with Crippen molar-refractivity contribution in [3.05, 3.63) is 0 Å². The minimum Gasteiger partial charge on any atom is -0.481 e. The zero-order chi connectivity index (χ0) is 16.2. The van der Waals surface area contributed by atoms with Gasteiger partial charge in [0.15, 0.2) is 0 Å². The molecule has 0 bridgehead atoms.